The second kappa shape index (κ2) is 7.03. The quantitative estimate of drug-likeness (QED) is 0.837. The van der Waals surface area contributed by atoms with Crippen LogP contribution in [0.3, 0.4) is 0 Å². The number of likely N-dealkylation sites (tertiary alicyclic amines) is 2. The molecule has 0 aromatic heterocycles. The summed E-state index contributed by atoms with van der Waals surface area (Å²) in [7, 11) is 0. The molecule has 5 heteroatoms. The molecule has 3 saturated heterocycles. The predicted octanol–water partition coefficient (Wildman–Crippen LogP) is 2.77. The minimum atomic E-state index is -0.218. The lowest BCUT2D eigenvalue weighted by atomic mass is 9.90. The average molecular weight is 356 g/mol. The number of carbonyl (C=O) groups excluding carboxylic acids is 2. The van der Waals surface area contributed by atoms with E-state index in [-0.39, 0.29) is 23.5 Å². The standard InChI is InChI=1S/C21H28N2O3/c1-16-6-2-3-8-18(16)20(25)23-13-11-21(15-23)10-4-7-17(26-21)14-22-12-5-9-19(22)24/h2-3,6,8,17H,4-5,7,9-15H2,1H3/t17-,21+/m0/s1. The SMILES string of the molecule is Cc1ccccc1C(=O)N1CC[C@]2(CCC[C@@H](CN3CCCC3=O)O2)C1. The number of carbonyl (C=O) groups is 2. The van der Waals surface area contributed by atoms with Crippen LogP contribution in [-0.4, -0.2) is 59.5 Å². The minimum Gasteiger partial charge on any atom is -0.368 e. The van der Waals surface area contributed by atoms with Gasteiger partial charge < -0.3 is 14.5 Å². The fourth-order valence-electron chi connectivity index (χ4n) is 4.70. The number of rotatable bonds is 3. The first-order valence-corrected chi connectivity index (χ1v) is 9.87. The third kappa shape index (κ3) is 3.37. The molecule has 5 nitrogen and oxygen atoms in total. The molecular weight excluding hydrogens is 328 g/mol. The number of nitrogens with zero attached hydrogens (tertiary/aromatic N) is 2. The van der Waals surface area contributed by atoms with Crippen LogP contribution in [0.25, 0.3) is 0 Å². The zero-order valence-electron chi connectivity index (χ0n) is 15.6. The van der Waals surface area contributed by atoms with E-state index in [2.05, 4.69) is 0 Å². The van der Waals surface area contributed by atoms with Gasteiger partial charge in [-0.2, -0.15) is 0 Å². The van der Waals surface area contributed by atoms with E-state index in [0.717, 1.165) is 56.3 Å². The van der Waals surface area contributed by atoms with Crippen LogP contribution in [0.1, 0.15) is 54.4 Å². The van der Waals surface area contributed by atoms with Gasteiger partial charge in [0, 0.05) is 31.6 Å². The largest absolute Gasteiger partial charge is 0.368 e. The molecule has 3 heterocycles. The summed E-state index contributed by atoms with van der Waals surface area (Å²) < 4.78 is 6.50. The van der Waals surface area contributed by atoms with Crippen molar-refractivity contribution in [2.24, 2.45) is 0 Å². The monoisotopic (exact) mass is 356 g/mol. The topological polar surface area (TPSA) is 49.9 Å². The first-order chi connectivity index (χ1) is 12.6. The van der Waals surface area contributed by atoms with Crippen molar-refractivity contribution in [1.82, 2.24) is 9.80 Å². The summed E-state index contributed by atoms with van der Waals surface area (Å²) in [5.74, 6) is 0.372. The first-order valence-electron chi connectivity index (χ1n) is 9.87. The van der Waals surface area contributed by atoms with E-state index in [1.54, 1.807) is 0 Å². The minimum absolute atomic E-state index is 0.110. The molecule has 1 aromatic rings. The molecular formula is C21H28N2O3. The summed E-state index contributed by atoms with van der Waals surface area (Å²) >= 11 is 0. The van der Waals surface area contributed by atoms with Gasteiger partial charge in [-0.15, -0.1) is 0 Å². The Morgan fingerprint density at radius 3 is 2.85 bits per heavy atom. The van der Waals surface area contributed by atoms with Crippen molar-refractivity contribution in [3.63, 3.8) is 0 Å². The van der Waals surface area contributed by atoms with Crippen LogP contribution in [0.15, 0.2) is 24.3 Å². The van der Waals surface area contributed by atoms with Crippen LogP contribution >= 0.6 is 0 Å². The summed E-state index contributed by atoms with van der Waals surface area (Å²) in [6.07, 6.45) is 5.78. The van der Waals surface area contributed by atoms with E-state index in [4.69, 9.17) is 4.74 Å². The number of amides is 2. The summed E-state index contributed by atoms with van der Waals surface area (Å²) in [4.78, 5) is 28.7. The van der Waals surface area contributed by atoms with Crippen LogP contribution in [0, 0.1) is 6.92 Å². The highest BCUT2D eigenvalue weighted by Crippen LogP contribution is 2.37. The molecule has 26 heavy (non-hydrogen) atoms. The molecule has 140 valence electrons. The van der Waals surface area contributed by atoms with Gasteiger partial charge in [0.2, 0.25) is 5.91 Å². The maximum absolute atomic E-state index is 12.9. The normalized spacial score (nSPS) is 29.0. The van der Waals surface area contributed by atoms with E-state index in [0.29, 0.717) is 19.5 Å². The van der Waals surface area contributed by atoms with E-state index < -0.39 is 0 Å². The number of aryl methyl sites for hydroxylation is 1. The Labute approximate surface area is 155 Å². The lowest BCUT2D eigenvalue weighted by molar-refractivity contribution is -0.141. The average Bonchev–Trinajstić information content (AvgIpc) is 3.22. The molecule has 0 unspecified atom stereocenters. The van der Waals surface area contributed by atoms with Crippen molar-refractivity contribution in [2.75, 3.05) is 26.2 Å². The predicted molar refractivity (Wildman–Crippen MR) is 99.0 cm³/mol. The van der Waals surface area contributed by atoms with Gasteiger partial charge in [0.25, 0.3) is 5.91 Å². The maximum atomic E-state index is 12.9. The van der Waals surface area contributed by atoms with Gasteiger partial charge in [0.15, 0.2) is 0 Å². The molecule has 2 amide bonds. The van der Waals surface area contributed by atoms with Crippen LogP contribution < -0.4 is 0 Å². The second-order valence-electron chi connectivity index (χ2n) is 8.05. The zero-order valence-corrected chi connectivity index (χ0v) is 15.6. The van der Waals surface area contributed by atoms with Crippen LogP contribution in [0.4, 0.5) is 0 Å². The van der Waals surface area contributed by atoms with Gasteiger partial charge in [-0.05, 0) is 50.7 Å². The van der Waals surface area contributed by atoms with Gasteiger partial charge in [-0.25, -0.2) is 0 Å². The summed E-state index contributed by atoms with van der Waals surface area (Å²) in [5, 5.41) is 0. The van der Waals surface area contributed by atoms with Crippen molar-refractivity contribution in [3.8, 4) is 0 Å². The highest BCUT2D eigenvalue weighted by molar-refractivity contribution is 5.95. The van der Waals surface area contributed by atoms with Crippen LogP contribution in [0.5, 0.6) is 0 Å². The Balaban J connectivity index is 1.41. The summed E-state index contributed by atoms with van der Waals surface area (Å²) in [5.41, 5.74) is 1.59. The van der Waals surface area contributed by atoms with Gasteiger partial charge >= 0.3 is 0 Å². The van der Waals surface area contributed by atoms with Crippen molar-refractivity contribution >= 4 is 11.8 Å². The molecule has 0 N–H and O–H groups in total. The summed E-state index contributed by atoms with van der Waals surface area (Å²) in [6, 6.07) is 7.78. The highest BCUT2D eigenvalue weighted by Gasteiger charge is 2.45. The molecule has 0 aliphatic carbocycles. The molecule has 3 aliphatic heterocycles. The Morgan fingerprint density at radius 2 is 2.08 bits per heavy atom. The smallest absolute Gasteiger partial charge is 0.254 e. The Morgan fingerprint density at radius 1 is 1.23 bits per heavy atom. The van der Waals surface area contributed by atoms with Crippen molar-refractivity contribution in [3.05, 3.63) is 35.4 Å². The van der Waals surface area contributed by atoms with E-state index in [9.17, 15) is 9.59 Å². The molecule has 2 atom stereocenters. The second-order valence-corrected chi connectivity index (χ2v) is 8.05. The fourth-order valence-corrected chi connectivity index (χ4v) is 4.70. The van der Waals surface area contributed by atoms with Crippen LogP contribution in [0.2, 0.25) is 0 Å². The number of hydrogen-bond donors (Lipinski definition) is 0. The molecule has 0 saturated carbocycles. The maximum Gasteiger partial charge on any atom is 0.254 e. The van der Waals surface area contributed by atoms with Gasteiger partial charge in [0.05, 0.1) is 18.2 Å². The molecule has 4 rings (SSSR count). The lowest BCUT2D eigenvalue weighted by Crippen LogP contribution is -2.47. The third-order valence-corrected chi connectivity index (χ3v) is 6.15. The third-order valence-electron chi connectivity index (χ3n) is 6.15. The molecule has 3 aliphatic rings. The van der Waals surface area contributed by atoms with Gasteiger partial charge in [0.1, 0.15) is 0 Å². The zero-order chi connectivity index (χ0) is 18.1. The summed E-state index contributed by atoms with van der Waals surface area (Å²) in [6.45, 7) is 4.99. The van der Waals surface area contributed by atoms with E-state index >= 15 is 0 Å². The number of hydrogen-bond acceptors (Lipinski definition) is 3. The Bertz CT molecular complexity index is 704. The molecule has 1 spiro atoms. The Kier molecular flexibility index (Phi) is 4.74. The molecule has 0 radical (unpaired) electrons. The first kappa shape index (κ1) is 17.5. The van der Waals surface area contributed by atoms with Crippen molar-refractivity contribution in [1.29, 1.82) is 0 Å². The van der Waals surface area contributed by atoms with Crippen LogP contribution in [-0.2, 0) is 9.53 Å². The number of ether oxygens (including phenoxy) is 1. The van der Waals surface area contributed by atoms with Crippen molar-refractivity contribution < 1.29 is 14.3 Å². The number of benzene rings is 1. The molecule has 1 aromatic carbocycles. The molecule has 0 bridgehead atoms. The van der Waals surface area contributed by atoms with Crippen molar-refractivity contribution in [2.45, 2.75) is 57.2 Å². The van der Waals surface area contributed by atoms with Gasteiger partial charge in [-0.1, -0.05) is 18.2 Å². The highest BCUT2D eigenvalue weighted by atomic mass is 16.5. The molecule has 3 fully saturated rings. The Hall–Kier alpha value is -1.88. The van der Waals surface area contributed by atoms with Gasteiger partial charge in [-0.3, -0.25) is 9.59 Å². The lowest BCUT2D eigenvalue weighted by Gasteiger charge is -2.40. The van der Waals surface area contributed by atoms with E-state index in [1.807, 2.05) is 41.0 Å². The fraction of sp³-hybridized carbons (Fsp3) is 0.619. The van der Waals surface area contributed by atoms with E-state index in [1.165, 1.54) is 0 Å².